The summed E-state index contributed by atoms with van der Waals surface area (Å²) in [5.74, 6) is 0. The van der Waals surface area contributed by atoms with E-state index in [0.29, 0.717) is 5.41 Å². The quantitative estimate of drug-likeness (QED) is 0.729. The van der Waals surface area contributed by atoms with Gasteiger partial charge in [-0.15, -0.1) is 0 Å². The van der Waals surface area contributed by atoms with Gasteiger partial charge in [0.15, 0.2) is 0 Å². The van der Waals surface area contributed by atoms with Crippen molar-refractivity contribution in [2.45, 2.75) is 68.2 Å². The van der Waals surface area contributed by atoms with E-state index in [9.17, 15) is 0 Å². The SMILES string of the molecule is C/C=C(\NC)C(CC)(CC(C)(C)C)C(C)(C)C. The third-order valence-corrected chi connectivity index (χ3v) is 3.94. The Balaban J connectivity index is 5.63. The summed E-state index contributed by atoms with van der Waals surface area (Å²) in [5, 5.41) is 3.43. The first kappa shape index (κ1) is 16.5. The summed E-state index contributed by atoms with van der Waals surface area (Å²) < 4.78 is 0. The van der Waals surface area contributed by atoms with Gasteiger partial charge in [-0.3, -0.25) is 0 Å². The molecule has 0 aliphatic carbocycles. The van der Waals surface area contributed by atoms with E-state index in [1.54, 1.807) is 0 Å². The second kappa shape index (κ2) is 5.46. The lowest BCUT2D eigenvalue weighted by atomic mass is 9.57. The molecule has 1 N–H and O–H groups in total. The molecule has 0 bridgehead atoms. The summed E-state index contributed by atoms with van der Waals surface area (Å²) in [5.41, 5.74) is 2.23. The van der Waals surface area contributed by atoms with Crippen LogP contribution in [0, 0.1) is 16.2 Å². The van der Waals surface area contributed by atoms with Gasteiger partial charge in [-0.1, -0.05) is 54.5 Å². The topological polar surface area (TPSA) is 12.0 Å². The minimum absolute atomic E-state index is 0.231. The third kappa shape index (κ3) is 3.76. The fraction of sp³-hybridized carbons (Fsp3) is 0.875. The summed E-state index contributed by atoms with van der Waals surface area (Å²) in [6, 6.07) is 0. The average Bonchev–Trinajstić information content (AvgIpc) is 2.14. The second-order valence-electron chi connectivity index (χ2n) is 7.38. The average molecular weight is 239 g/mol. The van der Waals surface area contributed by atoms with Crippen LogP contribution in [0.4, 0.5) is 0 Å². The lowest BCUT2D eigenvalue weighted by molar-refractivity contribution is 0.0621. The van der Waals surface area contributed by atoms with Crippen LogP contribution in [-0.4, -0.2) is 7.05 Å². The molecule has 1 atom stereocenters. The molecule has 0 aromatic carbocycles. The van der Waals surface area contributed by atoms with Crippen molar-refractivity contribution in [3.8, 4) is 0 Å². The van der Waals surface area contributed by atoms with Gasteiger partial charge < -0.3 is 5.32 Å². The summed E-state index contributed by atoms with van der Waals surface area (Å²) in [4.78, 5) is 0. The van der Waals surface area contributed by atoms with Crippen molar-refractivity contribution in [3.05, 3.63) is 11.8 Å². The standard InChI is InChI=1S/C16H33N/c1-10-13(17-9)16(11-2,15(6,7)8)12-14(3,4)5/h10,17H,11-12H2,1-9H3/b13-10-. The molecule has 0 aliphatic rings. The predicted molar refractivity (Wildman–Crippen MR) is 79.1 cm³/mol. The zero-order valence-electron chi connectivity index (χ0n) is 13.5. The van der Waals surface area contributed by atoms with Gasteiger partial charge in [-0.05, 0) is 30.6 Å². The fourth-order valence-electron chi connectivity index (χ4n) is 3.18. The van der Waals surface area contributed by atoms with E-state index in [1.165, 1.54) is 18.5 Å². The Bertz CT molecular complexity index is 262. The molecule has 0 aromatic heterocycles. The van der Waals surface area contributed by atoms with Crippen molar-refractivity contribution in [1.29, 1.82) is 0 Å². The van der Waals surface area contributed by atoms with Crippen LogP contribution < -0.4 is 5.32 Å². The van der Waals surface area contributed by atoms with Crippen LogP contribution in [0.1, 0.15) is 68.2 Å². The maximum absolute atomic E-state index is 3.43. The number of allylic oxidation sites excluding steroid dienone is 2. The minimum Gasteiger partial charge on any atom is -0.391 e. The molecule has 0 amide bonds. The molecule has 0 fully saturated rings. The lowest BCUT2D eigenvalue weighted by Crippen LogP contribution is -2.43. The van der Waals surface area contributed by atoms with Crippen molar-refractivity contribution >= 4 is 0 Å². The Labute approximate surface area is 109 Å². The summed E-state index contributed by atoms with van der Waals surface area (Å²) in [6.45, 7) is 18.6. The van der Waals surface area contributed by atoms with Crippen molar-refractivity contribution < 1.29 is 0 Å². The number of hydrogen-bond acceptors (Lipinski definition) is 1. The van der Waals surface area contributed by atoms with Crippen molar-refractivity contribution in [1.82, 2.24) is 5.32 Å². The van der Waals surface area contributed by atoms with Crippen molar-refractivity contribution in [2.24, 2.45) is 16.2 Å². The maximum Gasteiger partial charge on any atom is 0.0148 e. The third-order valence-electron chi connectivity index (χ3n) is 3.94. The molecule has 1 unspecified atom stereocenters. The Kier molecular flexibility index (Phi) is 5.31. The van der Waals surface area contributed by atoms with Crippen LogP contribution in [-0.2, 0) is 0 Å². The first-order valence-electron chi connectivity index (χ1n) is 6.88. The summed E-state index contributed by atoms with van der Waals surface area (Å²) >= 11 is 0. The fourth-order valence-corrected chi connectivity index (χ4v) is 3.18. The van der Waals surface area contributed by atoms with Gasteiger partial charge in [-0.2, -0.15) is 0 Å². The van der Waals surface area contributed by atoms with Crippen LogP contribution in [0.3, 0.4) is 0 Å². The van der Waals surface area contributed by atoms with E-state index in [-0.39, 0.29) is 10.8 Å². The molecular formula is C16H33N. The molecule has 0 radical (unpaired) electrons. The number of nitrogens with one attached hydrogen (secondary N) is 1. The lowest BCUT2D eigenvalue weighted by Gasteiger charge is -2.49. The zero-order chi connectivity index (χ0) is 13.9. The Morgan fingerprint density at radius 2 is 1.53 bits per heavy atom. The largest absolute Gasteiger partial charge is 0.391 e. The van der Waals surface area contributed by atoms with Gasteiger partial charge in [0, 0.05) is 18.2 Å². The van der Waals surface area contributed by atoms with E-state index in [2.05, 4.69) is 66.8 Å². The molecule has 17 heavy (non-hydrogen) atoms. The van der Waals surface area contributed by atoms with Crippen LogP contribution >= 0.6 is 0 Å². The van der Waals surface area contributed by atoms with Gasteiger partial charge in [0.25, 0.3) is 0 Å². The number of hydrogen-bond donors (Lipinski definition) is 1. The van der Waals surface area contributed by atoms with Gasteiger partial charge >= 0.3 is 0 Å². The normalized spacial score (nSPS) is 17.8. The molecule has 0 rings (SSSR count). The van der Waals surface area contributed by atoms with Gasteiger partial charge in [0.05, 0.1) is 0 Å². The Morgan fingerprint density at radius 3 is 1.71 bits per heavy atom. The molecule has 102 valence electrons. The summed E-state index contributed by atoms with van der Waals surface area (Å²) in [6.07, 6.45) is 4.63. The molecule has 0 heterocycles. The van der Waals surface area contributed by atoms with Gasteiger partial charge in [0.2, 0.25) is 0 Å². The highest BCUT2D eigenvalue weighted by atomic mass is 14.9. The Morgan fingerprint density at radius 1 is 1.06 bits per heavy atom. The molecule has 0 aliphatic heterocycles. The molecule has 0 aromatic rings. The first-order chi connectivity index (χ1) is 7.54. The van der Waals surface area contributed by atoms with Gasteiger partial charge in [-0.25, -0.2) is 0 Å². The minimum atomic E-state index is 0.231. The number of rotatable bonds is 4. The highest BCUT2D eigenvalue weighted by molar-refractivity contribution is 5.16. The van der Waals surface area contributed by atoms with Crippen LogP contribution in [0.2, 0.25) is 0 Å². The second-order valence-corrected chi connectivity index (χ2v) is 7.38. The van der Waals surface area contributed by atoms with Crippen molar-refractivity contribution in [2.75, 3.05) is 7.05 Å². The molecule has 1 heteroatoms. The van der Waals surface area contributed by atoms with E-state index in [1.807, 2.05) is 7.05 Å². The van der Waals surface area contributed by atoms with Gasteiger partial charge in [0.1, 0.15) is 0 Å². The monoisotopic (exact) mass is 239 g/mol. The summed E-state index contributed by atoms with van der Waals surface area (Å²) in [7, 11) is 2.05. The molecule has 0 saturated heterocycles. The predicted octanol–water partition coefficient (Wildman–Crippen LogP) is 4.99. The zero-order valence-corrected chi connectivity index (χ0v) is 13.5. The van der Waals surface area contributed by atoms with Crippen LogP contribution in [0.25, 0.3) is 0 Å². The van der Waals surface area contributed by atoms with Crippen LogP contribution in [0.15, 0.2) is 11.8 Å². The van der Waals surface area contributed by atoms with E-state index >= 15 is 0 Å². The van der Waals surface area contributed by atoms with E-state index in [0.717, 1.165) is 0 Å². The smallest absolute Gasteiger partial charge is 0.0148 e. The molecule has 0 saturated carbocycles. The van der Waals surface area contributed by atoms with Crippen molar-refractivity contribution in [3.63, 3.8) is 0 Å². The van der Waals surface area contributed by atoms with Crippen LogP contribution in [0.5, 0.6) is 0 Å². The molecular weight excluding hydrogens is 206 g/mol. The Hall–Kier alpha value is -0.460. The van der Waals surface area contributed by atoms with E-state index in [4.69, 9.17) is 0 Å². The van der Waals surface area contributed by atoms with E-state index < -0.39 is 0 Å². The molecule has 1 nitrogen and oxygen atoms in total. The highest BCUT2D eigenvalue weighted by Gasteiger charge is 2.45. The maximum atomic E-state index is 3.43. The molecule has 0 spiro atoms. The first-order valence-corrected chi connectivity index (χ1v) is 6.88. The highest BCUT2D eigenvalue weighted by Crippen LogP contribution is 2.53.